The Kier molecular flexibility index (Phi) is 7.90. The summed E-state index contributed by atoms with van der Waals surface area (Å²) in [5.41, 5.74) is -1.35. The summed E-state index contributed by atoms with van der Waals surface area (Å²) in [4.78, 5) is 22.8. The average molecular weight is 274 g/mol. The number of ether oxygens (including phenoxy) is 2. The summed E-state index contributed by atoms with van der Waals surface area (Å²) in [5.74, 6) is -0.932. The average Bonchev–Trinajstić information content (AvgIpc) is 2.25. The van der Waals surface area contributed by atoms with Gasteiger partial charge in [0.1, 0.15) is 0 Å². The summed E-state index contributed by atoms with van der Waals surface area (Å²) in [6.07, 6.45) is -0.154. The molecule has 0 aliphatic rings. The third kappa shape index (κ3) is 10.1. The van der Waals surface area contributed by atoms with Crippen molar-refractivity contribution in [3.8, 4) is 0 Å². The molecule has 0 heterocycles. The quantitative estimate of drug-likeness (QED) is 0.533. The van der Waals surface area contributed by atoms with E-state index in [1.54, 1.807) is 13.8 Å². The van der Waals surface area contributed by atoms with Crippen LogP contribution in [0.1, 0.15) is 40.5 Å². The molecule has 0 unspecified atom stereocenters. The fourth-order valence-electron chi connectivity index (χ4n) is 1.20. The molecule has 0 rings (SSSR count). The maximum Gasteiger partial charge on any atom is 0.308 e. The number of carbonyl (C=O) groups excluding carboxylic acids is 2. The summed E-state index contributed by atoms with van der Waals surface area (Å²) in [6.45, 7) is 6.79. The van der Waals surface area contributed by atoms with Gasteiger partial charge in [0.05, 0.1) is 32.1 Å². The van der Waals surface area contributed by atoms with Crippen LogP contribution in [0.15, 0.2) is 10.2 Å². The number of azo groups is 1. The van der Waals surface area contributed by atoms with E-state index in [1.165, 1.54) is 13.8 Å². The number of carbonyl (C=O) groups is 2. The van der Waals surface area contributed by atoms with E-state index in [2.05, 4.69) is 10.2 Å². The number of nitrogens with zero attached hydrogens (tertiary/aromatic N) is 2. The van der Waals surface area contributed by atoms with Gasteiger partial charge in [-0.25, -0.2) is 0 Å². The lowest BCUT2D eigenvalue weighted by Gasteiger charge is -2.13. The minimum absolute atomic E-state index is 0.0771. The van der Waals surface area contributed by atoms with E-state index in [0.29, 0.717) is 0 Å². The maximum absolute atomic E-state index is 11.4. The summed E-state index contributed by atoms with van der Waals surface area (Å²) in [6, 6.07) is -0.690. The normalized spacial score (nSPS) is 11.9. The van der Waals surface area contributed by atoms with Gasteiger partial charge in [-0.3, -0.25) is 9.59 Å². The Balaban J connectivity index is 4.59. The lowest BCUT2D eigenvalue weighted by Crippen LogP contribution is -2.21. The van der Waals surface area contributed by atoms with E-state index < -0.39 is 23.7 Å². The molecule has 0 amide bonds. The Morgan fingerprint density at radius 3 is 1.84 bits per heavy atom. The van der Waals surface area contributed by atoms with Crippen molar-refractivity contribution in [1.29, 1.82) is 0 Å². The molecule has 7 heteroatoms. The van der Waals surface area contributed by atoms with Crippen LogP contribution in [0.2, 0.25) is 0 Å². The molecule has 0 bridgehead atoms. The van der Waals surface area contributed by atoms with E-state index in [9.17, 15) is 14.7 Å². The van der Waals surface area contributed by atoms with Crippen molar-refractivity contribution in [1.82, 2.24) is 0 Å². The van der Waals surface area contributed by atoms with Crippen LogP contribution in [-0.2, 0) is 19.1 Å². The highest BCUT2D eigenvalue weighted by atomic mass is 16.5. The Morgan fingerprint density at radius 2 is 1.53 bits per heavy atom. The highest BCUT2D eigenvalue weighted by Gasteiger charge is 2.20. The predicted octanol–water partition coefficient (Wildman–Crippen LogP) is 1.44. The molecule has 0 fully saturated rings. The Hall–Kier alpha value is -1.50. The van der Waals surface area contributed by atoms with E-state index in [4.69, 9.17) is 9.47 Å². The molecule has 0 spiro atoms. The highest BCUT2D eigenvalue weighted by molar-refractivity contribution is 5.74. The van der Waals surface area contributed by atoms with Crippen LogP contribution in [0.25, 0.3) is 0 Å². The van der Waals surface area contributed by atoms with Crippen LogP contribution < -0.4 is 0 Å². The molecular weight excluding hydrogens is 252 g/mol. The highest BCUT2D eigenvalue weighted by Crippen LogP contribution is 2.11. The van der Waals surface area contributed by atoms with Crippen molar-refractivity contribution >= 4 is 11.9 Å². The van der Waals surface area contributed by atoms with E-state index in [0.717, 1.165) is 0 Å². The molecule has 0 aliphatic heterocycles. The minimum atomic E-state index is -1.35. The number of aliphatic hydroxyl groups is 1. The number of rotatable bonds is 8. The van der Waals surface area contributed by atoms with Gasteiger partial charge >= 0.3 is 11.9 Å². The third-order valence-electron chi connectivity index (χ3n) is 1.88. The molecular formula is C12H22N2O5. The molecule has 1 N–H and O–H groups in total. The van der Waals surface area contributed by atoms with Gasteiger partial charge in [0, 0.05) is 0 Å². The first-order chi connectivity index (χ1) is 8.78. The fraction of sp³-hybridized carbons (Fsp3) is 0.833. The summed E-state index contributed by atoms with van der Waals surface area (Å²) < 4.78 is 9.58. The Morgan fingerprint density at radius 1 is 1.11 bits per heavy atom. The SMILES string of the molecule is CCOC(=O)CC(CC(=O)OCC)/N=N/C(C)(C)O. The lowest BCUT2D eigenvalue weighted by molar-refractivity contribution is -0.145. The van der Waals surface area contributed by atoms with Gasteiger partial charge in [-0.1, -0.05) is 0 Å². The largest absolute Gasteiger partial charge is 0.466 e. The number of hydrogen-bond donors (Lipinski definition) is 1. The van der Waals surface area contributed by atoms with Crippen molar-refractivity contribution in [2.45, 2.75) is 52.3 Å². The zero-order chi connectivity index (χ0) is 14.9. The summed E-state index contributed by atoms with van der Waals surface area (Å²) in [7, 11) is 0. The maximum atomic E-state index is 11.4. The second-order valence-electron chi connectivity index (χ2n) is 4.38. The molecule has 0 saturated heterocycles. The van der Waals surface area contributed by atoms with Gasteiger partial charge in [-0.15, -0.1) is 0 Å². The molecule has 0 radical (unpaired) electrons. The van der Waals surface area contributed by atoms with Crippen LogP contribution in [0.5, 0.6) is 0 Å². The van der Waals surface area contributed by atoms with Crippen molar-refractivity contribution in [2.24, 2.45) is 10.2 Å². The molecule has 19 heavy (non-hydrogen) atoms. The Bertz CT molecular complexity index is 303. The van der Waals surface area contributed by atoms with Gasteiger partial charge in [-0.2, -0.15) is 10.2 Å². The fourth-order valence-corrected chi connectivity index (χ4v) is 1.20. The van der Waals surface area contributed by atoms with E-state index >= 15 is 0 Å². The lowest BCUT2D eigenvalue weighted by atomic mass is 10.1. The molecule has 0 saturated carbocycles. The van der Waals surface area contributed by atoms with Crippen LogP contribution in [-0.4, -0.2) is 42.0 Å². The van der Waals surface area contributed by atoms with Gasteiger partial charge < -0.3 is 14.6 Å². The molecule has 0 atom stereocenters. The van der Waals surface area contributed by atoms with Crippen molar-refractivity contribution in [3.05, 3.63) is 0 Å². The molecule has 110 valence electrons. The van der Waals surface area contributed by atoms with Crippen LogP contribution in [0.4, 0.5) is 0 Å². The van der Waals surface area contributed by atoms with Crippen LogP contribution in [0.3, 0.4) is 0 Å². The van der Waals surface area contributed by atoms with Gasteiger partial charge in [0.25, 0.3) is 0 Å². The first-order valence-electron chi connectivity index (χ1n) is 6.24. The molecule has 0 aromatic rings. The third-order valence-corrected chi connectivity index (χ3v) is 1.88. The monoisotopic (exact) mass is 274 g/mol. The first-order valence-corrected chi connectivity index (χ1v) is 6.24. The van der Waals surface area contributed by atoms with Gasteiger partial charge in [-0.05, 0) is 27.7 Å². The van der Waals surface area contributed by atoms with Gasteiger partial charge in [0.2, 0.25) is 0 Å². The molecule has 0 aromatic carbocycles. The van der Waals surface area contributed by atoms with Gasteiger partial charge in [0.15, 0.2) is 5.72 Å². The number of esters is 2. The molecule has 0 aliphatic carbocycles. The predicted molar refractivity (Wildman–Crippen MR) is 67.4 cm³/mol. The van der Waals surface area contributed by atoms with Crippen LogP contribution in [0, 0.1) is 0 Å². The minimum Gasteiger partial charge on any atom is -0.466 e. The Labute approximate surface area is 113 Å². The van der Waals surface area contributed by atoms with E-state index in [-0.39, 0.29) is 26.1 Å². The first kappa shape index (κ1) is 17.5. The zero-order valence-electron chi connectivity index (χ0n) is 11.9. The summed E-state index contributed by atoms with van der Waals surface area (Å²) in [5, 5.41) is 16.9. The van der Waals surface area contributed by atoms with E-state index in [1.807, 2.05) is 0 Å². The van der Waals surface area contributed by atoms with Crippen LogP contribution >= 0.6 is 0 Å². The second kappa shape index (κ2) is 8.58. The van der Waals surface area contributed by atoms with Crippen molar-refractivity contribution in [3.63, 3.8) is 0 Å². The standard InChI is InChI=1S/C12H22N2O5/c1-5-18-10(15)7-9(8-11(16)19-6-2)13-14-12(3,4)17/h9,17H,5-8H2,1-4H3/b14-13+. The van der Waals surface area contributed by atoms with Crippen molar-refractivity contribution < 1.29 is 24.2 Å². The second-order valence-corrected chi connectivity index (χ2v) is 4.38. The smallest absolute Gasteiger partial charge is 0.308 e. The summed E-state index contributed by atoms with van der Waals surface area (Å²) >= 11 is 0. The topological polar surface area (TPSA) is 97.6 Å². The molecule has 0 aromatic heterocycles. The number of hydrogen-bond acceptors (Lipinski definition) is 7. The zero-order valence-corrected chi connectivity index (χ0v) is 11.9. The van der Waals surface area contributed by atoms with Crippen molar-refractivity contribution in [2.75, 3.05) is 13.2 Å². The molecule has 7 nitrogen and oxygen atoms in total.